The van der Waals surface area contributed by atoms with Crippen molar-refractivity contribution in [3.63, 3.8) is 0 Å². The van der Waals surface area contributed by atoms with Crippen LogP contribution in [0.1, 0.15) is 50.1 Å². The zero-order chi connectivity index (χ0) is 20.7. The molecule has 0 N–H and O–H groups in total. The molecule has 0 fully saturated rings. The number of fused-ring (bicyclic) bond motifs is 1. The number of aromatic nitrogens is 1. The summed E-state index contributed by atoms with van der Waals surface area (Å²) >= 11 is 0. The monoisotopic (exact) mass is 377 g/mol. The molecule has 2 heteroatoms. The Hall–Kier alpha value is -2.53. The van der Waals surface area contributed by atoms with Crippen LogP contribution in [-0.4, -0.2) is 4.57 Å². The smallest absolute Gasteiger partial charge is 0.123 e. The molecule has 0 radical (unpaired) electrons. The van der Waals surface area contributed by atoms with Crippen molar-refractivity contribution in [3.8, 4) is 12.3 Å². The Morgan fingerprint density at radius 2 is 1.79 bits per heavy atom. The second-order valence-electron chi connectivity index (χ2n) is 7.10. The number of rotatable bonds is 6. The predicted molar refractivity (Wildman–Crippen MR) is 119 cm³/mol. The number of hydrogen-bond acceptors (Lipinski definition) is 0. The molecule has 0 saturated heterocycles. The Labute approximate surface area is 169 Å². The minimum absolute atomic E-state index is 0.188. The van der Waals surface area contributed by atoms with Gasteiger partial charge in [0.25, 0.3) is 0 Å². The van der Waals surface area contributed by atoms with Crippen molar-refractivity contribution in [1.82, 2.24) is 4.57 Å². The first-order valence-corrected chi connectivity index (χ1v) is 10.3. The average molecular weight is 378 g/mol. The average Bonchev–Trinajstić information content (AvgIpc) is 3.00. The zero-order valence-electron chi connectivity index (χ0n) is 17.8. The lowest BCUT2D eigenvalue weighted by molar-refractivity contribution is 0.621. The minimum Gasteiger partial charge on any atom is -0.344 e. The molecule has 148 valence electrons. The Morgan fingerprint density at radius 3 is 2.39 bits per heavy atom. The van der Waals surface area contributed by atoms with Crippen molar-refractivity contribution >= 4 is 10.9 Å². The van der Waals surface area contributed by atoms with E-state index in [-0.39, 0.29) is 11.7 Å². The number of hydrogen-bond donors (Lipinski definition) is 0. The normalized spacial score (nSPS) is 11.6. The summed E-state index contributed by atoms with van der Waals surface area (Å²) in [4.78, 5) is 0. The third kappa shape index (κ3) is 4.84. The fourth-order valence-corrected chi connectivity index (χ4v) is 3.71. The van der Waals surface area contributed by atoms with E-state index >= 15 is 0 Å². The first kappa shape index (κ1) is 21.8. The topological polar surface area (TPSA) is 4.93 Å². The molecule has 1 atom stereocenters. The highest BCUT2D eigenvalue weighted by Gasteiger charge is 2.17. The largest absolute Gasteiger partial charge is 0.344 e. The van der Waals surface area contributed by atoms with Crippen molar-refractivity contribution in [3.05, 3.63) is 70.7 Å². The molecule has 1 heterocycles. The molecule has 0 bridgehead atoms. The van der Waals surface area contributed by atoms with Gasteiger partial charge in [-0.15, -0.1) is 12.3 Å². The number of nitrogens with zero attached hydrogens (tertiary/aromatic N) is 1. The Kier molecular flexibility index (Phi) is 7.88. The highest BCUT2D eigenvalue weighted by molar-refractivity contribution is 5.86. The van der Waals surface area contributed by atoms with E-state index in [2.05, 4.69) is 49.5 Å². The third-order valence-electron chi connectivity index (χ3n) is 5.12. The highest BCUT2D eigenvalue weighted by atomic mass is 19.1. The molecule has 2 aromatic carbocycles. The van der Waals surface area contributed by atoms with Crippen LogP contribution in [-0.2, 0) is 25.8 Å². The minimum atomic E-state index is -0.188. The molecule has 1 unspecified atom stereocenters. The molecule has 0 aliphatic heterocycles. The van der Waals surface area contributed by atoms with E-state index in [1.165, 1.54) is 39.9 Å². The van der Waals surface area contributed by atoms with Crippen LogP contribution in [0.15, 0.2) is 42.5 Å². The first-order valence-electron chi connectivity index (χ1n) is 10.3. The van der Waals surface area contributed by atoms with Crippen molar-refractivity contribution in [1.29, 1.82) is 0 Å². The number of terminal acetylenes is 1. The van der Waals surface area contributed by atoms with Gasteiger partial charge in [0, 0.05) is 35.5 Å². The van der Waals surface area contributed by atoms with Gasteiger partial charge in [0.1, 0.15) is 5.82 Å². The SMILES string of the molecule is C#CC(C)Cc1c(CC)c2cc(C)ccc2n1CCc1ccc(F)cc1.CC. The van der Waals surface area contributed by atoms with Gasteiger partial charge >= 0.3 is 0 Å². The van der Waals surface area contributed by atoms with Gasteiger partial charge in [0.05, 0.1) is 0 Å². The van der Waals surface area contributed by atoms with Crippen molar-refractivity contribution < 1.29 is 4.39 Å². The van der Waals surface area contributed by atoms with E-state index in [0.29, 0.717) is 0 Å². The van der Waals surface area contributed by atoms with E-state index < -0.39 is 0 Å². The van der Waals surface area contributed by atoms with Gasteiger partial charge < -0.3 is 4.57 Å². The molecule has 0 saturated carbocycles. The summed E-state index contributed by atoms with van der Waals surface area (Å²) in [5, 5.41) is 1.34. The fourth-order valence-electron chi connectivity index (χ4n) is 3.71. The Bertz CT molecular complexity index is 941. The second-order valence-corrected chi connectivity index (χ2v) is 7.10. The molecule has 0 aliphatic carbocycles. The van der Waals surface area contributed by atoms with Crippen LogP contribution < -0.4 is 0 Å². The predicted octanol–water partition coefficient (Wildman–Crippen LogP) is 6.73. The lowest BCUT2D eigenvalue weighted by atomic mass is 10.00. The Balaban J connectivity index is 0.00000136. The summed E-state index contributed by atoms with van der Waals surface area (Å²) in [7, 11) is 0. The van der Waals surface area contributed by atoms with Gasteiger partial charge in [-0.2, -0.15) is 0 Å². The molecular formula is C26H32FN. The third-order valence-corrected chi connectivity index (χ3v) is 5.12. The van der Waals surface area contributed by atoms with E-state index in [0.717, 1.165) is 31.4 Å². The molecule has 3 aromatic rings. The standard InChI is InChI=1S/C24H26FN.C2H6/c1-5-17(3)16-24-21(6-2)22-15-18(4)7-12-23(22)26(24)14-13-19-8-10-20(25)11-9-19;1-2/h1,7-12,15,17H,6,13-14,16H2,2-4H3;1-2H3. The molecular weight excluding hydrogens is 345 g/mol. The summed E-state index contributed by atoms with van der Waals surface area (Å²) in [6.07, 6.45) is 8.42. The van der Waals surface area contributed by atoms with Crippen LogP contribution >= 0.6 is 0 Å². The first-order chi connectivity index (χ1) is 13.5. The van der Waals surface area contributed by atoms with Crippen molar-refractivity contribution in [2.24, 2.45) is 5.92 Å². The summed E-state index contributed by atoms with van der Waals surface area (Å²) in [6.45, 7) is 11.3. The number of benzene rings is 2. The second kappa shape index (κ2) is 10.1. The van der Waals surface area contributed by atoms with Gasteiger partial charge in [-0.05, 0) is 55.2 Å². The van der Waals surface area contributed by atoms with Crippen LogP contribution in [0.25, 0.3) is 10.9 Å². The molecule has 1 nitrogen and oxygen atoms in total. The lowest BCUT2D eigenvalue weighted by Crippen LogP contribution is -2.10. The number of halogens is 1. The number of aryl methyl sites for hydroxylation is 4. The molecule has 0 amide bonds. The maximum absolute atomic E-state index is 13.2. The Morgan fingerprint density at radius 1 is 1.11 bits per heavy atom. The molecule has 28 heavy (non-hydrogen) atoms. The van der Waals surface area contributed by atoms with Crippen molar-refractivity contribution in [2.45, 2.75) is 60.4 Å². The highest BCUT2D eigenvalue weighted by Crippen LogP contribution is 2.30. The van der Waals surface area contributed by atoms with E-state index in [4.69, 9.17) is 6.42 Å². The van der Waals surface area contributed by atoms with E-state index in [1.54, 1.807) is 0 Å². The summed E-state index contributed by atoms with van der Waals surface area (Å²) < 4.78 is 15.6. The molecule has 3 rings (SSSR count). The maximum atomic E-state index is 13.2. The van der Waals surface area contributed by atoms with Crippen LogP contribution in [0.2, 0.25) is 0 Å². The van der Waals surface area contributed by atoms with Crippen LogP contribution in [0.3, 0.4) is 0 Å². The van der Waals surface area contributed by atoms with Crippen LogP contribution in [0, 0.1) is 31.0 Å². The maximum Gasteiger partial charge on any atom is 0.123 e. The summed E-state index contributed by atoms with van der Waals surface area (Å²) in [5.74, 6) is 2.89. The van der Waals surface area contributed by atoms with E-state index in [9.17, 15) is 4.39 Å². The van der Waals surface area contributed by atoms with Crippen LogP contribution in [0.5, 0.6) is 0 Å². The van der Waals surface area contributed by atoms with Crippen LogP contribution in [0.4, 0.5) is 4.39 Å². The van der Waals surface area contributed by atoms with E-state index in [1.807, 2.05) is 26.0 Å². The zero-order valence-corrected chi connectivity index (χ0v) is 17.8. The van der Waals surface area contributed by atoms with Gasteiger partial charge in [-0.3, -0.25) is 0 Å². The van der Waals surface area contributed by atoms with Crippen molar-refractivity contribution in [2.75, 3.05) is 0 Å². The van der Waals surface area contributed by atoms with Gasteiger partial charge in [0.2, 0.25) is 0 Å². The lowest BCUT2D eigenvalue weighted by Gasteiger charge is -2.14. The molecule has 0 aliphatic rings. The van der Waals surface area contributed by atoms with Gasteiger partial charge in [-0.1, -0.05) is 51.5 Å². The molecule has 1 aromatic heterocycles. The van der Waals surface area contributed by atoms with Gasteiger partial charge in [-0.25, -0.2) is 4.39 Å². The quantitative estimate of drug-likeness (QED) is 0.420. The fraction of sp³-hybridized carbons (Fsp3) is 0.385. The summed E-state index contributed by atoms with van der Waals surface area (Å²) in [6, 6.07) is 13.5. The molecule has 0 spiro atoms. The summed E-state index contributed by atoms with van der Waals surface area (Å²) in [5.41, 5.74) is 6.45. The van der Waals surface area contributed by atoms with Gasteiger partial charge in [0.15, 0.2) is 0 Å².